The van der Waals surface area contributed by atoms with Gasteiger partial charge in [0.2, 0.25) is 5.91 Å². The van der Waals surface area contributed by atoms with Gasteiger partial charge in [0.15, 0.2) is 0 Å². The number of imide groups is 1. The van der Waals surface area contributed by atoms with Crippen LogP contribution in [-0.4, -0.2) is 29.9 Å². The monoisotopic (exact) mass is 403 g/mol. The van der Waals surface area contributed by atoms with Gasteiger partial charge in [-0.3, -0.25) is 15.0 Å². The molecule has 1 unspecified atom stereocenters. The molecule has 0 spiro atoms. The number of nitrogens with zero attached hydrogens (tertiary/aromatic N) is 1. The van der Waals surface area contributed by atoms with Crippen molar-refractivity contribution in [1.82, 2.24) is 15.5 Å². The fraction of sp³-hybridized carbons (Fsp3) is 0.263. The van der Waals surface area contributed by atoms with Gasteiger partial charge in [0.1, 0.15) is 0 Å². The highest BCUT2D eigenvalue weighted by molar-refractivity contribution is 9.10. The molecule has 25 heavy (non-hydrogen) atoms. The lowest BCUT2D eigenvalue weighted by Crippen LogP contribution is -2.48. The molecule has 2 aromatic rings. The summed E-state index contributed by atoms with van der Waals surface area (Å²) >= 11 is 3.40. The van der Waals surface area contributed by atoms with Crippen LogP contribution >= 0.6 is 15.9 Å². The Morgan fingerprint density at radius 3 is 2.32 bits per heavy atom. The Balaban J connectivity index is 1.80. The van der Waals surface area contributed by atoms with E-state index in [1.165, 1.54) is 0 Å². The minimum Gasteiger partial charge on any atom is -0.334 e. The van der Waals surface area contributed by atoms with Crippen LogP contribution in [0.15, 0.2) is 59.1 Å². The Morgan fingerprint density at radius 1 is 1.04 bits per heavy atom. The maximum absolute atomic E-state index is 12.2. The van der Waals surface area contributed by atoms with Crippen LogP contribution in [0.1, 0.15) is 18.1 Å². The van der Waals surface area contributed by atoms with E-state index in [9.17, 15) is 9.59 Å². The molecule has 2 N–H and O–H groups in total. The number of halogens is 1. The molecule has 0 saturated carbocycles. The third-order valence-corrected chi connectivity index (χ3v) is 4.45. The number of urea groups is 1. The second-order valence-corrected chi connectivity index (χ2v) is 6.79. The lowest BCUT2D eigenvalue weighted by atomic mass is 10.2. The maximum atomic E-state index is 12.2. The Labute approximate surface area is 156 Å². The molecule has 5 nitrogen and oxygen atoms in total. The maximum Gasteiger partial charge on any atom is 0.321 e. The molecule has 0 fully saturated rings. The molecule has 3 amide bonds. The van der Waals surface area contributed by atoms with Gasteiger partial charge >= 0.3 is 6.03 Å². The highest BCUT2D eigenvalue weighted by Gasteiger charge is 2.20. The topological polar surface area (TPSA) is 61.4 Å². The van der Waals surface area contributed by atoms with Crippen LogP contribution < -0.4 is 10.6 Å². The molecular weight excluding hydrogens is 382 g/mol. The summed E-state index contributed by atoms with van der Waals surface area (Å²) < 4.78 is 1.01. The number of hydrogen-bond acceptors (Lipinski definition) is 3. The number of carbonyl (C=O) groups is 2. The van der Waals surface area contributed by atoms with Gasteiger partial charge in [0.05, 0.1) is 6.04 Å². The van der Waals surface area contributed by atoms with Gasteiger partial charge in [0.25, 0.3) is 0 Å². The predicted molar refractivity (Wildman–Crippen MR) is 102 cm³/mol. The minimum atomic E-state index is -0.488. The summed E-state index contributed by atoms with van der Waals surface area (Å²) in [5, 5.41) is 5.07. The molecule has 0 heterocycles. The number of amides is 3. The second-order valence-electron chi connectivity index (χ2n) is 5.88. The lowest BCUT2D eigenvalue weighted by Gasteiger charge is -2.23. The molecule has 1 atom stereocenters. The van der Waals surface area contributed by atoms with Crippen molar-refractivity contribution in [2.24, 2.45) is 0 Å². The summed E-state index contributed by atoms with van der Waals surface area (Å²) in [4.78, 5) is 26.0. The van der Waals surface area contributed by atoms with E-state index in [1.54, 1.807) is 6.92 Å². The SMILES string of the molecule is CC(C(=O)NC(=O)NCc1ccccc1)N(C)Cc1ccc(Br)cc1. The zero-order chi connectivity index (χ0) is 18.2. The van der Waals surface area contributed by atoms with Crippen molar-refractivity contribution in [1.29, 1.82) is 0 Å². The molecule has 0 bridgehead atoms. The Morgan fingerprint density at radius 2 is 1.68 bits per heavy atom. The first kappa shape index (κ1) is 19.1. The highest BCUT2D eigenvalue weighted by Crippen LogP contribution is 2.12. The number of likely N-dealkylation sites (N-methyl/N-ethyl adjacent to an activating group) is 1. The fourth-order valence-electron chi connectivity index (χ4n) is 2.25. The van der Waals surface area contributed by atoms with Crippen LogP contribution in [0.3, 0.4) is 0 Å². The van der Waals surface area contributed by atoms with Crippen LogP contribution in [0, 0.1) is 0 Å². The zero-order valence-electron chi connectivity index (χ0n) is 14.3. The third kappa shape index (κ3) is 6.32. The molecule has 0 aliphatic rings. The van der Waals surface area contributed by atoms with Crippen molar-refractivity contribution in [3.05, 3.63) is 70.2 Å². The van der Waals surface area contributed by atoms with Crippen LogP contribution in [-0.2, 0) is 17.9 Å². The molecule has 6 heteroatoms. The normalized spacial score (nSPS) is 11.8. The Hall–Kier alpha value is -2.18. The highest BCUT2D eigenvalue weighted by atomic mass is 79.9. The lowest BCUT2D eigenvalue weighted by molar-refractivity contribution is -0.124. The predicted octanol–water partition coefficient (Wildman–Crippen LogP) is 3.30. The number of hydrogen-bond donors (Lipinski definition) is 2. The summed E-state index contributed by atoms with van der Waals surface area (Å²) in [5.41, 5.74) is 2.07. The molecule has 0 aromatic heterocycles. The van der Waals surface area contributed by atoms with Gasteiger partial charge in [-0.05, 0) is 37.2 Å². The molecule has 2 aromatic carbocycles. The molecule has 0 radical (unpaired) electrons. The first-order valence-electron chi connectivity index (χ1n) is 8.03. The van der Waals surface area contributed by atoms with Gasteiger partial charge in [-0.2, -0.15) is 0 Å². The van der Waals surface area contributed by atoms with Crippen molar-refractivity contribution in [3.63, 3.8) is 0 Å². The van der Waals surface area contributed by atoms with E-state index in [-0.39, 0.29) is 5.91 Å². The number of carbonyl (C=O) groups excluding carboxylic acids is 2. The molecule has 2 rings (SSSR count). The van der Waals surface area contributed by atoms with E-state index in [4.69, 9.17) is 0 Å². The van der Waals surface area contributed by atoms with Crippen molar-refractivity contribution in [2.75, 3.05) is 7.05 Å². The van der Waals surface area contributed by atoms with Crippen LogP contribution in [0.4, 0.5) is 4.79 Å². The molecule has 0 aliphatic heterocycles. The van der Waals surface area contributed by atoms with E-state index in [2.05, 4.69) is 26.6 Å². The Bertz CT molecular complexity index is 704. The molecule has 0 saturated heterocycles. The number of benzene rings is 2. The third-order valence-electron chi connectivity index (χ3n) is 3.92. The standard InChI is InChI=1S/C19H22BrN3O2/c1-14(23(2)13-16-8-10-17(20)11-9-16)18(24)22-19(25)21-12-15-6-4-3-5-7-15/h3-11,14H,12-13H2,1-2H3,(H2,21,22,24,25). The summed E-state index contributed by atoms with van der Waals surface area (Å²) in [5.74, 6) is -0.329. The van der Waals surface area contributed by atoms with Crippen LogP contribution in [0.25, 0.3) is 0 Å². The summed E-state index contributed by atoms with van der Waals surface area (Å²) in [6.45, 7) is 2.77. The minimum absolute atomic E-state index is 0.329. The largest absolute Gasteiger partial charge is 0.334 e. The summed E-state index contributed by atoms with van der Waals surface area (Å²) in [6, 6.07) is 16.6. The fourth-order valence-corrected chi connectivity index (χ4v) is 2.52. The van der Waals surface area contributed by atoms with E-state index >= 15 is 0 Å². The number of nitrogens with one attached hydrogen (secondary N) is 2. The van der Waals surface area contributed by atoms with E-state index < -0.39 is 12.1 Å². The van der Waals surface area contributed by atoms with Gasteiger partial charge in [-0.15, -0.1) is 0 Å². The van der Waals surface area contributed by atoms with Crippen molar-refractivity contribution in [2.45, 2.75) is 26.1 Å². The molecular formula is C19H22BrN3O2. The number of rotatable bonds is 6. The Kier molecular flexibility index (Phi) is 7.16. The van der Waals surface area contributed by atoms with Gasteiger partial charge in [-0.1, -0.05) is 58.4 Å². The van der Waals surface area contributed by atoms with Crippen molar-refractivity contribution < 1.29 is 9.59 Å². The van der Waals surface area contributed by atoms with Crippen molar-refractivity contribution >= 4 is 27.9 Å². The van der Waals surface area contributed by atoms with Crippen LogP contribution in [0.2, 0.25) is 0 Å². The first-order valence-corrected chi connectivity index (χ1v) is 8.82. The van der Waals surface area contributed by atoms with E-state index in [0.717, 1.165) is 15.6 Å². The zero-order valence-corrected chi connectivity index (χ0v) is 15.9. The quantitative estimate of drug-likeness (QED) is 0.777. The van der Waals surface area contributed by atoms with Crippen molar-refractivity contribution in [3.8, 4) is 0 Å². The van der Waals surface area contributed by atoms with Crippen LogP contribution in [0.5, 0.6) is 0 Å². The summed E-state index contributed by atoms with van der Waals surface area (Å²) in [6.07, 6.45) is 0. The van der Waals surface area contributed by atoms with Gasteiger partial charge in [0, 0.05) is 17.6 Å². The second kappa shape index (κ2) is 9.34. The average Bonchev–Trinajstić information content (AvgIpc) is 2.62. The summed E-state index contributed by atoms with van der Waals surface area (Å²) in [7, 11) is 1.86. The van der Waals surface area contributed by atoms with Gasteiger partial charge in [-0.25, -0.2) is 4.79 Å². The molecule has 0 aliphatic carbocycles. The molecule has 132 valence electrons. The van der Waals surface area contributed by atoms with E-state index in [0.29, 0.717) is 13.1 Å². The van der Waals surface area contributed by atoms with Gasteiger partial charge < -0.3 is 5.32 Å². The average molecular weight is 404 g/mol. The smallest absolute Gasteiger partial charge is 0.321 e. The first-order chi connectivity index (χ1) is 12.0. The van der Waals surface area contributed by atoms with E-state index in [1.807, 2.05) is 66.5 Å².